The number of hydrogen-bond acceptors (Lipinski definition) is 3. The van der Waals surface area contributed by atoms with Gasteiger partial charge >= 0.3 is 5.97 Å². The Labute approximate surface area is 65.5 Å². The van der Waals surface area contributed by atoms with Crippen molar-refractivity contribution in [1.29, 1.82) is 0 Å². The highest BCUT2D eigenvalue weighted by Crippen LogP contribution is 2.10. The Balaban J connectivity index is 2.30. The average Bonchev–Trinajstić information content (AvgIpc) is 2.05. The van der Waals surface area contributed by atoms with Crippen LogP contribution in [0.2, 0.25) is 0 Å². The zero-order valence-electron chi connectivity index (χ0n) is 6.54. The second kappa shape index (κ2) is 3.69. The van der Waals surface area contributed by atoms with Crippen molar-refractivity contribution >= 4 is 5.97 Å². The number of hydrogen-bond donors (Lipinski definition) is 2. The molecule has 0 radical (unpaired) electrons. The molecule has 0 saturated carbocycles. The van der Waals surface area contributed by atoms with Crippen molar-refractivity contribution in [2.45, 2.75) is 25.0 Å². The van der Waals surface area contributed by atoms with Gasteiger partial charge in [-0.05, 0) is 12.8 Å². The van der Waals surface area contributed by atoms with Crippen LogP contribution in [0.15, 0.2) is 0 Å². The van der Waals surface area contributed by atoms with Gasteiger partial charge in [-0.25, -0.2) is 0 Å². The number of aliphatic carboxylic acids is 1. The summed E-state index contributed by atoms with van der Waals surface area (Å²) in [6.07, 6.45) is 1.68. The highest BCUT2D eigenvalue weighted by atomic mass is 16.5. The number of carboxylic acids is 1. The van der Waals surface area contributed by atoms with E-state index in [0.29, 0.717) is 13.0 Å². The predicted octanol–water partition coefficient (Wildman–Crippen LogP) is -0.162. The molecule has 4 heteroatoms. The summed E-state index contributed by atoms with van der Waals surface area (Å²) in [4.78, 5) is 10.4. The molecular formula is C7H13NO3. The van der Waals surface area contributed by atoms with E-state index in [-0.39, 0.29) is 12.1 Å². The maximum atomic E-state index is 10.4. The van der Waals surface area contributed by atoms with Crippen molar-refractivity contribution in [3.05, 3.63) is 0 Å². The molecule has 0 aromatic heterocycles. The molecule has 1 aliphatic rings. The summed E-state index contributed by atoms with van der Waals surface area (Å²) < 4.78 is 5.06. The number of rotatable bonds is 2. The summed E-state index contributed by atoms with van der Waals surface area (Å²) in [5.74, 6) is -0.764. The van der Waals surface area contributed by atoms with E-state index in [2.05, 4.69) is 5.32 Å². The Hall–Kier alpha value is -0.610. The van der Waals surface area contributed by atoms with E-state index >= 15 is 0 Å². The first-order valence-corrected chi connectivity index (χ1v) is 3.73. The minimum atomic E-state index is -0.764. The fourth-order valence-electron chi connectivity index (χ4n) is 1.24. The second-order valence-electron chi connectivity index (χ2n) is 2.73. The van der Waals surface area contributed by atoms with Crippen LogP contribution < -0.4 is 5.32 Å². The maximum absolute atomic E-state index is 10.4. The van der Waals surface area contributed by atoms with E-state index in [1.807, 2.05) is 0 Å². The highest BCUT2D eigenvalue weighted by Gasteiger charge is 2.24. The fraction of sp³-hybridized carbons (Fsp3) is 0.857. The number of methoxy groups -OCH3 is 1. The molecule has 0 aromatic carbocycles. The Kier molecular flexibility index (Phi) is 2.84. The summed E-state index contributed by atoms with van der Waals surface area (Å²) in [6, 6.07) is -0.374. The minimum Gasteiger partial charge on any atom is -0.480 e. The normalized spacial score (nSPS) is 31.7. The van der Waals surface area contributed by atoms with E-state index in [4.69, 9.17) is 9.84 Å². The van der Waals surface area contributed by atoms with E-state index < -0.39 is 5.97 Å². The number of carbonyl (C=O) groups is 1. The SMILES string of the molecule is CO[C@@H]1CC[C@@H](C(=O)O)NC1. The molecule has 1 rings (SSSR count). The molecule has 0 spiro atoms. The smallest absolute Gasteiger partial charge is 0.320 e. The molecule has 1 heterocycles. The van der Waals surface area contributed by atoms with Gasteiger partial charge in [-0.3, -0.25) is 4.79 Å². The summed E-state index contributed by atoms with van der Waals surface area (Å²) >= 11 is 0. The van der Waals surface area contributed by atoms with Gasteiger partial charge in [0, 0.05) is 13.7 Å². The van der Waals surface area contributed by atoms with E-state index in [1.165, 1.54) is 0 Å². The summed E-state index contributed by atoms with van der Waals surface area (Å²) in [5, 5.41) is 11.5. The summed E-state index contributed by atoms with van der Waals surface area (Å²) in [7, 11) is 1.65. The zero-order chi connectivity index (χ0) is 8.27. The Morgan fingerprint density at radius 2 is 2.36 bits per heavy atom. The Morgan fingerprint density at radius 3 is 2.73 bits per heavy atom. The van der Waals surface area contributed by atoms with Crippen LogP contribution >= 0.6 is 0 Å². The first-order chi connectivity index (χ1) is 5.24. The molecule has 1 aliphatic heterocycles. The first-order valence-electron chi connectivity index (χ1n) is 3.73. The van der Waals surface area contributed by atoms with Gasteiger partial charge in [0.2, 0.25) is 0 Å². The zero-order valence-corrected chi connectivity index (χ0v) is 6.54. The van der Waals surface area contributed by atoms with Gasteiger partial charge in [-0.15, -0.1) is 0 Å². The largest absolute Gasteiger partial charge is 0.480 e. The monoisotopic (exact) mass is 159 g/mol. The maximum Gasteiger partial charge on any atom is 0.320 e. The molecule has 64 valence electrons. The number of carboxylic acid groups (broad SMARTS) is 1. The van der Waals surface area contributed by atoms with Gasteiger partial charge in [0.05, 0.1) is 6.10 Å². The number of nitrogens with one attached hydrogen (secondary N) is 1. The molecule has 0 amide bonds. The van der Waals surface area contributed by atoms with Crippen molar-refractivity contribution in [2.24, 2.45) is 0 Å². The standard InChI is InChI=1S/C7H13NO3/c1-11-5-2-3-6(7(9)10)8-4-5/h5-6,8H,2-4H2,1H3,(H,9,10)/t5-,6+/m1/s1. The van der Waals surface area contributed by atoms with Crippen LogP contribution in [0.3, 0.4) is 0 Å². The van der Waals surface area contributed by atoms with Crippen LogP contribution in [-0.2, 0) is 9.53 Å². The van der Waals surface area contributed by atoms with Crippen molar-refractivity contribution in [2.75, 3.05) is 13.7 Å². The summed E-state index contributed by atoms with van der Waals surface area (Å²) in [6.45, 7) is 0.646. The highest BCUT2D eigenvalue weighted by molar-refractivity contribution is 5.73. The molecule has 0 aromatic rings. The van der Waals surface area contributed by atoms with E-state index in [9.17, 15) is 4.79 Å². The quantitative estimate of drug-likeness (QED) is 0.587. The molecule has 4 nitrogen and oxygen atoms in total. The fourth-order valence-corrected chi connectivity index (χ4v) is 1.24. The lowest BCUT2D eigenvalue weighted by Gasteiger charge is -2.26. The lowest BCUT2D eigenvalue weighted by molar-refractivity contribution is -0.140. The van der Waals surface area contributed by atoms with Crippen LogP contribution in [0.1, 0.15) is 12.8 Å². The minimum absolute atomic E-state index is 0.186. The van der Waals surface area contributed by atoms with Crippen LogP contribution in [0.25, 0.3) is 0 Å². The average molecular weight is 159 g/mol. The van der Waals surface area contributed by atoms with Crippen molar-refractivity contribution in [3.63, 3.8) is 0 Å². The Morgan fingerprint density at radius 1 is 1.64 bits per heavy atom. The van der Waals surface area contributed by atoms with Crippen LogP contribution in [0.5, 0.6) is 0 Å². The van der Waals surface area contributed by atoms with Crippen LogP contribution in [0.4, 0.5) is 0 Å². The molecule has 0 bridgehead atoms. The molecule has 2 atom stereocenters. The van der Waals surface area contributed by atoms with Crippen LogP contribution in [0, 0.1) is 0 Å². The predicted molar refractivity (Wildman–Crippen MR) is 39.5 cm³/mol. The molecule has 1 saturated heterocycles. The molecule has 11 heavy (non-hydrogen) atoms. The van der Waals surface area contributed by atoms with Crippen molar-refractivity contribution in [1.82, 2.24) is 5.32 Å². The molecular weight excluding hydrogens is 146 g/mol. The number of ether oxygens (including phenoxy) is 1. The van der Waals surface area contributed by atoms with Gasteiger partial charge in [0.25, 0.3) is 0 Å². The van der Waals surface area contributed by atoms with E-state index in [0.717, 1.165) is 6.42 Å². The third kappa shape index (κ3) is 2.17. The third-order valence-electron chi connectivity index (χ3n) is 2.00. The topological polar surface area (TPSA) is 58.6 Å². The second-order valence-corrected chi connectivity index (χ2v) is 2.73. The van der Waals surface area contributed by atoms with Gasteiger partial charge in [-0.2, -0.15) is 0 Å². The van der Waals surface area contributed by atoms with Gasteiger partial charge in [0.15, 0.2) is 0 Å². The number of piperidine rings is 1. The summed E-state index contributed by atoms with van der Waals surface area (Å²) in [5.41, 5.74) is 0. The molecule has 0 aliphatic carbocycles. The molecule has 1 fully saturated rings. The van der Waals surface area contributed by atoms with Crippen molar-refractivity contribution < 1.29 is 14.6 Å². The van der Waals surface area contributed by atoms with Gasteiger partial charge in [0.1, 0.15) is 6.04 Å². The van der Waals surface area contributed by atoms with Crippen LogP contribution in [-0.4, -0.2) is 36.9 Å². The van der Waals surface area contributed by atoms with E-state index in [1.54, 1.807) is 7.11 Å². The Bertz CT molecular complexity index is 141. The lowest BCUT2D eigenvalue weighted by atomic mass is 10.0. The van der Waals surface area contributed by atoms with Gasteiger partial charge in [-0.1, -0.05) is 0 Å². The molecule has 2 N–H and O–H groups in total. The molecule has 0 unspecified atom stereocenters. The third-order valence-corrected chi connectivity index (χ3v) is 2.00. The lowest BCUT2D eigenvalue weighted by Crippen LogP contribution is -2.46. The first kappa shape index (κ1) is 8.49. The van der Waals surface area contributed by atoms with Crippen molar-refractivity contribution in [3.8, 4) is 0 Å². The van der Waals surface area contributed by atoms with Gasteiger partial charge < -0.3 is 15.2 Å².